The van der Waals surface area contributed by atoms with Gasteiger partial charge in [-0.1, -0.05) is 36.4 Å². The van der Waals surface area contributed by atoms with Gasteiger partial charge in [-0.15, -0.1) is 0 Å². The largest absolute Gasteiger partial charge is 0.486 e. The Labute approximate surface area is 157 Å². The van der Waals surface area contributed by atoms with Gasteiger partial charge in [-0.05, 0) is 23.3 Å². The molecule has 1 amide bonds. The van der Waals surface area contributed by atoms with E-state index in [4.69, 9.17) is 9.47 Å². The first-order valence-electron chi connectivity index (χ1n) is 8.91. The topological polar surface area (TPSA) is 65.4 Å². The number of imidazole rings is 1. The van der Waals surface area contributed by atoms with E-state index in [1.54, 1.807) is 6.20 Å². The highest BCUT2D eigenvalue weighted by molar-refractivity contribution is 5.79. The molecule has 27 heavy (non-hydrogen) atoms. The van der Waals surface area contributed by atoms with Crippen LogP contribution in [0.1, 0.15) is 23.0 Å². The highest BCUT2D eigenvalue weighted by Gasteiger charge is 2.21. The molecule has 6 nitrogen and oxygen atoms in total. The number of amides is 1. The third-order valence-corrected chi connectivity index (χ3v) is 4.53. The molecule has 1 aromatic heterocycles. The summed E-state index contributed by atoms with van der Waals surface area (Å²) in [6.07, 6.45) is 3.86. The van der Waals surface area contributed by atoms with Gasteiger partial charge in [0.05, 0.1) is 6.42 Å². The normalized spacial score (nSPS) is 13.8. The number of nitrogens with zero attached hydrogens (tertiary/aromatic N) is 2. The zero-order valence-electron chi connectivity index (χ0n) is 15.1. The van der Waals surface area contributed by atoms with Crippen molar-refractivity contribution in [2.75, 3.05) is 13.2 Å². The van der Waals surface area contributed by atoms with Gasteiger partial charge in [-0.2, -0.15) is 0 Å². The molecule has 2 heterocycles. The summed E-state index contributed by atoms with van der Waals surface area (Å²) in [6.45, 7) is 1.08. The second-order valence-corrected chi connectivity index (χ2v) is 6.46. The summed E-state index contributed by atoms with van der Waals surface area (Å²) >= 11 is 0. The van der Waals surface area contributed by atoms with Crippen LogP contribution in [-0.4, -0.2) is 28.7 Å². The Morgan fingerprint density at radius 1 is 1.15 bits per heavy atom. The summed E-state index contributed by atoms with van der Waals surface area (Å²) in [5, 5.41) is 3.11. The molecule has 3 aromatic rings. The molecule has 4 rings (SSSR count). The molecular weight excluding hydrogens is 342 g/mol. The van der Waals surface area contributed by atoms with Crippen LogP contribution in [0.15, 0.2) is 60.9 Å². The molecule has 0 bridgehead atoms. The fraction of sp³-hybridized carbons (Fsp3) is 0.238. The minimum Gasteiger partial charge on any atom is -0.486 e. The molecule has 6 heteroatoms. The molecule has 1 atom stereocenters. The number of aryl methyl sites for hydroxylation is 1. The van der Waals surface area contributed by atoms with Crippen LogP contribution in [0, 0.1) is 0 Å². The number of nitrogens with one attached hydrogen (secondary N) is 1. The summed E-state index contributed by atoms with van der Waals surface area (Å²) in [4.78, 5) is 17.2. The van der Waals surface area contributed by atoms with Crippen LogP contribution in [0.3, 0.4) is 0 Å². The van der Waals surface area contributed by atoms with Crippen molar-refractivity contribution < 1.29 is 14.3 Å². The molecule has 0 spiro atoms. The van der Waals surface area contributed by atoms with E-state index in [1.807, 2.05) is 66.3 Å². The van der Waals surface area contributed by atoms with E-state index in [9.17, 15) is 4.79 Å². The average molecular weight is 363 g/mol. The zero-order valence-corrected chi connectivity index (χ0v) is 15.1. The molecule has 0 saturated heterocycles. The fourth-order valence-corrected chi connectivity index (χ4v) is 3.19. The maximum atomic E-state index is 12.8. The number of fused-ring (bicyclic) bond motifs is 1. The summed E-state index contributed by atoms with van der Waals surface area (Å²) in [5.74, 6) is 2.12. The van der Waals surface area contributed by atoms with Gasteiger partial charge < -0.3 is 19.4 Å². The fourth-order valence-electron chi connectivity index (χ4n) is 3.19. The molecule has 2 aromatic carbocycles. The van der Waals surface area contributed by atoms with E-state index in [0.717, 1.165) is 22.7 Å². The molecule has 138 valence electrons. The number of ether oxygens (including phenoxy) is 2. The number of rotatable bonds is 5. The summed E-state index contributed by atoms with van der Waals surface area (Å²) < 4.78 is 13.1. The Balaban J connectivity index is 1.53. The third kappa shape index (κ3) is 3.79. The molecule has 0 unspecified atom stereocenters. The standard InChI is InChI=1S/C21H21N3O3/c1-24-10-9-22-21(24)20(16-5-3-2-4-6-16)23-19(25)14-15-7-8-17-18(13-15)27-12-11-26-17/h2-10,13,20H,11-12,14H2,1H3,(H,23,25)/t20-/m0/s1. The number of carbonyl (C=O) groups excluding carboxylic acids is 1. The van der Waals surface area contributed by atoms with Crippen LogP contribution >= 0.6 is 0 Å². The summed E-state index contributed by atoms with van der Waals surface area (Å²) in [6, 6.07) is 15.2. The quantitative estimate of drug-likeness (QED) is 0.757. The summed E-state index contributed by atoms with van der Waals surface area (Å²) in [7, 11) is 1.92. The van der Waals surface area contributed by atoms with Crippen molar-refractivity contribution in [1.82, 2.24) is 14.9 Å². The van der Waals surface area contributed by atoms with E-state index in [0.29, 0.717) is 19.0 Å². The van der Waals surface area contributed by atoms with Gasteiger partial charge in [0.25, 0.3) is 0 Å². The molecule has 1 aliphatic rings. The molecule has 0 saturated carbocycles. The van der Waals surface area contributed by atoms with Crippen LogP contribution in [0.4, 0.5) is 0 Å². The third-order valence-electron chi connectivity index (χ3n) is 4.53. The van der Waals surface area contributed by atoms with Crippen molar-refractivity contribution in [3.05, 3.63) is 77.9 Å². The second kappa shape index (κ2) is 7.53. The zero-order chi connectivity index (χ0) is 18.6. The van der Waals surface area contributed by atoms with Crippen LogP contribution in [0.2, 0.25) is 0 Å². The van der Waals surface area contributed by atoms with Crippen molar-refractivity contribution in [3.63, 3.8) is 0 Å². The average Bonchev–Trinajstić information content (AvgIpc) is 3.12. The van der Waals surface area contributed by atoms with Crippen LogP contribution in [0.25, 0.3) is 0 Å². The highest BCUT2D eigenvalue weighted by atomic mass is 16.6. The van der Waals surface area contributed by atoms with E-state index in [-0.39, 0.29) is 18.4 Å². The van der Waals surface area contributed by atoms with Gasteiger partial charge in [0.2, 0.25) is 5.91 Å². The first kappa shape index (κ1) is 17.1. The Morgan fingerprint density at radius 2 is 1.93 bits per heavy atom. The predicted octanol–water partition coefficient (Wildman–Crippen LogP) is 2.64. The van der Waals surface area contributed by atoms with Gasteiger partial charge >= 0.3 is 0 Å². The smallest absolute Gasteiger partial charge is 0.225 e. The Bertz CT molecular complexity index is 937. The second-order valence-electron chi connectivity index (χ2n) is 6.46. The van der Waals surface area contributed by atoms with Crippen LogP contribution < -0.4 is 14.8 Å². The highest BCUT2D eigenvalue weighted by Crippen LogP contribution is 2.31. The molecular formula is C21H21N3O3. The maximum absolute atomic E-state index is 12.8. The van der Waals surface area contributed by atoms with E-state index in [1.165, 1.54) is 0 Å². The maximum Gasteiger partial charge on any atom is 0.225 e. The van der Waals surface area contributed by atoms with Crippen molar-refractivity contribution >= 4 is 5.91 Å². The van der Waals surface area contributed by atoms with Gasteiger partial charge in [-0.25, -0.2) is 4.98 Å². The number of aromatic nitrogens is 2. The lowest BCUT2D eigenvalue weighted by Gasteiger charge is -2.20. The van der Waals surface area contributed by atoms with Gasteiger partial charge in [0, 0.05) is 19.4 Å². The Kier molecular flexibility index (Phi) is 4.78. The van der Waals surface area contributed by atoms with Crippen molar-refractivity contribution in [3.8, 4) is 11.5 Å². The number of hydrogen-bond acceptors (Lipinski definition) is 4. The molecule has 1 N–H and O–H groups in total. The minimum absolute atomic E-state index is 0.0801. The SMILES string of the molecule is Cn1ccnc1[C@@H](NC(=O)Cc1ccc2c(c1)OCCO2)c1ccccc1. The van der Waals surface area contributed by atoms with Crippen molar-refractivity contribution in [1.29, 1.82) is 0 Å². The van der Waals surface area contributed by atoms with E-state index in [2.05, 4.69) is 10.3 Å². The Morgan fingerprint density at radius 3 is 2.67 bits per heavy atom. The minimum atomic E-state index is -0.309. The van der Waals surface area contributed by atoms with E-state index < -0.39 is 0 Å². The molecule has 0 radical (unpaired) electrons. The first-order valence-corrected chi connectivity index (χ1v) is 8.91. The number of benzene rings is 2. The lowest BCUT2D eigenvalue weighted by Crippen LogP contribution is -2.32. The lowest BCUT2D eigenvalue weighted by molar-refractivity contribution is -0.121. The Hall–Kier alpha value is -3.28. The number of carbonyl (C=O) groups is 1. The number of hydrogen-bond donors (Lipinski definition) is 1. The molecule has 0 aliphatic carbocycles. The van der Waals surface area contributed by atoms with E-state index >= 15 is 0 Å². The van der Waals surface area contributed by atoms with Gasteiger partial charge in [0.1, 0.15) is 25.1 Å². The lowest BCUT2D eigenvalue weighted by atomic mass is 10.0. The predicted molar refractivity (Wildman–Crippen MR) is 101 cm³/mol. The van der Waals surface area contributed by atoms with Crippen LogP contribution in [-0.2, 0) is 18.3 Å². The molecule has 1 aliphatic heterocycles. The van der Waals surface area contributed by atoms with Gasteiger partial charge in [0.15, 0.2) is 11.5 Å². The van der Waals surface area contributed by atoms with Crippen LogP contribution in [0.5, 0.6) is 11.5 Å². The van der Waals surface area contributed by atoms with Crippen molar-refractivity contribution in [2.45, 2.75) is 12.5 Å². The van der Waals surface area contributed by atoms with Gasteiger partial charge in [-0.3, -0.25) is 4.79 Å². The monoisotopic (exact) mass is 363 g/mol. The first-order chi connectivity index (χ1) is 13.2. The molecule has 0 fully saturated rings. The van der Waals surface area contributed by atoms with Crippen molar-refractivity contribution in [2.24, 2.45) is 7.05 Å². The summed E-state index contributed by atoms with van der Waals surface area (Å²) in [5.41, 5.74) is 1.87.